The molecule has 10 nitrogen and oxygen atoms in total. The fourth-order valence-corrected chi connectivity index (χ4v) is 5.43. The Balaban J connectivity index is 5.80. The van der Waals surface area contributed by atoms with Crippen LogP contribution in [0.5, 0.6) is 0 Å². The van der Waals surface area contributed by atoms with E-state index in [4.69, 9.17) is 14.6 Å². The van der Waals surface area contributed by atoms with Gasteiger partial charge in [-0.05, 0) is 38.5 Å². The van der Waals surface area contributed by atoms with Crippen LogP contribution in [0, 0.1) is 22.2 Å². The van der Waals surface area contributed by atoms with Gasteiger partial charge in [0.25, 0.3) is 10.1 Å². The highest BCUT2D eigenvalue weighted by Crippen LogP contribution is 2.43. The number of hydrogen-bond acceptors (Lipinski definition) is 9. The summed E-state index contributed by atoms with van der Waals surface area (Å²) in [6, 6.07) is 0. The molecule has 0 aromatic rings. The highest BCUT2D eigenvalue weighted by Gasteiger charge is 2.47. The number of ether oxygens (including phenoxy) is 2. The maximum atomic E-state index is 13.2. The minimum Gasteiger partial charge on any atom is -0.464 e. The number of rotatable bonds is 18. The zero-order valence-corrected chi connectivity index (χ0v) is 23.8. The van der Waals surface area contributed by atoms with E-state index in [2.05, 4.69) is 5.32 Å². The van der Waals surface area contributed by atoms with E-state index in [0.717, 1.165) is 0 Å². The Morgan fingerprint density at radius 1 is 0.974 bits per heavy atom. The van der Waals surface area contributed by atoms with Gasteiger partial charge in [-0.15, -0.1) is 0 Å². The topological polar surface area (TPSA) is 156 Å². The second-order valence-corrected chi connectivity index (χ2v) is 12.5. The number of aliphatic hydroxyl groups is 1. The largest absolute Gasteiger partial charge is 0.464 e. The number of carbonyl (C=O) groups is 3. The summed E-state index contributed by atoms with van der Waals surface area (Å²) in [5, 5.41) is 11.1. The smallest absolute Gasteiger partial charge is 0.401 e. The molecule has 0 aromatic heterocycles. The molecular formula is C24H42F3NO9S. The molecule has 0 aliphatic carbocycles. The Morgan fingerprint density at radius 2 is 1.50 bits per heavy atom. The summed E-state index contributed by atoms with van der Waals surface area (Å²) in [6.07, 6.45) is -4.65. The molecule has 0 bridgehead atoms. The van der Waals surface area contributed by atoms with E-state index in [1.807, 2.05) is 0 Å². The number of esters is 2. The first kappa shape index (κ1) is 36.2. The van der Waals surface area contributed by atoms with Crippen molar-refractivity contribution in [2.45, 2.75) is 73.4 Å². The molecular weight excluding hydrogens is 535 g/mol. The predicted octanol–water partition coefficient (Wildman–Crippen LogP) is 2.93. The van der Waals surface area contributed by atoms with Crippen LogP contribution in [0.4, 0.5) is 13.2 Å². The Labute approximate surface area is 222 Å². The van der Waals surface area contributed by atoms with Crippen LogP contribution in [0.2, 0.25) is 0 Å². The quantitative estimate of drug-likeness (QED) is 0.126. The van der Waals surface area contributed by atoms with Crippen molar-refractivity contribution in [2.75, 3.05) is 38.7 Å². The van der Waals surface area contributed by atoms with E-state index in [9.17, 15) is 40.5 Å². The highest BCUT2D eigenvalue weighted by molar-refractivity contribution is 7.85. The zero-order valence-electron chi connectivity index (χ0n) is 22.9. The van der Waals surface area contributed by atoms with Crippen LogP contribution in [0.25, 0.3) is 0 Å². The number of nitrogens with one attached hydrogen (secondary N) is 1. The van der Waals surface area contributed by atoms with Crippen molar-refractivity contribution in [2.24, 2.45) is 22.2 Å². The Kier molecular flexibility index (Phi) is 13.9. The lowest BCUT2D eigenvalue weighted by molar-refractivity contribution is -0.165. The van der Waals surface area contributed by atoms with Crippen LogP contribution in [0.15, 0.2) is 0 Å². The predicted molar refractivity (Wildman–Crippen MR) is 133 cm³/mol. The molecule has 38 heavy (non-hydrogen) atoms. The molecule has 3 atom stereocenters. The first-order valence-electron chi connectivity index (χ1n) is 12.3. The van der Waals surface area contributed by atoms with Crippen LogP contribution < -0.4 is 5.32 Å². The Morgan fingerprint density at radius 3 is 1.97 bits per heavy atom. The number of hydrogen-bond donors (Lipinski definition) is 3. The molecule has 0 heterocycles. The van der Waals surface area contributed by atoms with Crippen molar-refractivity contribution >= 4 is 27.8 Å². The number of halogens is 3. The van der Waals surface area contributed by atoms with Gasteiger partial charge in [-0.25, -0.2) is 0 Å². The molecule has 0 saturated heterocycles. The molecule has 0 aromatic carbocycles. The van der Waals surface area contributed by atoms with Gasteiger partial charge in [0, 0.05) is 18.9 Å². The Bertz CT molecular complexity index is 908. The molecule has 0 spiro atoms. The van der Waals surface area contributed by atoms with E-state index < -0.39 is 69.3 Å². The fourth-order valence-electron chi connectivity index (χ4n) is 4.34. The van der Waals surface area contributed by atoms with E-state index >= 15 is 0 Å². The van der Waals surface area contributed by atoms with Crippen molar-refractivity contribution in [3.05, 3.63) is 0 Å². The minimum absolute atomic E-state index is 0.106. The van der Waals surface area contributed by atoms with Gasteiger partial charge in [0.1, 0.15) is 19.0 Å². The zero-order chi connectivity index (χ0) is 30.0. The van der Waals surface area contributed by atoms with Crippen molar-refractivity contribution in [1.82, 2.24) is 5.32 Å². The van der Waals surface area contributed by atoms with Gasteiger partial charge in [-0.3, -0.25) is 18.9 Å². The second kappa shape index (κ2) is 14.6. The summed E-state index contributed by atoms with van der Waals surface area (Å²) in [4.78, 5) is 38.9. The average Bonchev–Trinajstić information content (AvgIpc) is 2.73. The van der Waals surface area contributed by atoms with Crippen molar-refractivity contribution < 1.29 is 55.1 Å². The van der Waals surface area contributed by atoms with Crippen LogP contribution in [-0.4, -0.2) is 80.6 Å². The molecule has 3 N–H and O–H groups in total. The van der Waals surface area contributed by atoms with Gasteiger partial charge < -0.3 is 19.9 Å². The first-order valence-corrected chi connectivity index (χ1v) is 13.9. The van der Waals surface area contributed by atoms with Crippen molar-refractivity contribution in [3.8, 4) is 0 Å². The van der Waals surface area contributed by atoms with Crippen LogP contribution >= 0.6 is 0 Å². The maximum Gasteiger partial charge on any atom is 0.401 e. The van der Waals surface area contributed by atoms with Crippen LogP contribution in [0.1, 0.15) is 67.2 Å². The van der Waals surface area contributed by atoms with E-state index in [-0.39, 0.29) is 51.2 Å². The summed E-state index contributed by atoms with van der Waals surface area (Å²) in [6.45, 7) is 6.69. The van der Waals surface area contributed by atoms with E-state index in [0.29, 0.717) is 0 Å². The number of aliphatic hydroxyl groups excluding tert-OH is 1. The lowest BCUT2D eigenvalue weighted by Crippen LogP contribution is -2.43. The van der Waals surface area contributed by atoms with E-state index in [1.54, 1.807) is 13.8 Å². The van der Waals surface area contributed by atoms with Crippen LogP contribution in [0.3, 0.4) is 0 Å². The third kappa shape index (κ3) is 13.9. The molecule has 0 radical (unpaired) electrons. The first-order chi connectivity index (χ1) is 17.1. The molecule has 3 unspecified atom stereocenters. The summed E-state index contributed by atoms with van der Waals surface area (Å²) >= 11 is 0. The third-order valence-electron chi connectivity index (χ3n) is 6.24. The number of Topliss-reactive ketones (excluding diaryl/α,β-unsaturated/α-hetero) is 1. The second-order valence-electron chi connectivity index (χ2n) is 11.1. The Hall–Kier alpha value is -1.77. The van der Waals surface area contributed by atoms with E-state index in [1.165, 1.54) is 27.7 Å². The normalized spacial score (nSPS) is 16.7. The molecule has 0 fully saturated rings. The van der Waals surface area contributed by atoms with Gasteiger partial charge >= 0.3 is 18.1 Å². The average molecular weight is 578 g/mol. The molecule has 0 saturated carbocycles. The monoisotopic (exact) mass is 577 g/mol. The molecule has 0 aliphatic heterocycles. The van der Waals surface area contributed by atoms with Gasteiger partial charge in [-0.1, -0.05) is 27.7 Å². The summed E-state index contributed by atoms with van der Waals surface area (Å²) in [5.41, 5.74) is -3.76. The van der Waals surface area contributed by atoms with Crippen molar-refractivity contribution in [3.63, 3.8) is 0 Å². The molecule has 0 aliphatic rings. The SMILES string of the molecule is CCC(C)(CC(C)(CC(C)C(=O)CC(C)(C)CS(=O)(=O)O)C(=O)OCCNCC(F)(F)F)C(=O)OCCO. The highest BCUT2D eigenvalue weighted by atomic mass is 32.2. The number of ketones is 1. The van der Waals surface area contributed by atoms with Gasteiger partial charge in [0.15, 0.2) is 0 Å². The van der Waals surface area contributed by atoms with Crippen molar-refractivity contribution in [1.29, 1.82) is 0 Å². The van der Waals surface area contributed by atoms with Gasteiger partial charge in [-0.2, -0.15) is 21.6 Å². The number of alkyl halides is 3. The fraction of sp³-hybridized carbons (Fsp3) is 0.875. The summed E-state index contributed by atoms with van der Waals surface area (Å²) in [7, 11) is -4.34. The third-order valence-corrected chi connectivity index (χ3v) is 7.39. The molecule has 0 rings (SSSR count). The summed E-state index contributed by atoms with van der Waals surface area (Å²) in [5.74, 6) is -3.32. The minimum atomic E-state index is -4.44. The molecule has 14 heteroatoms. The molecule has 0 amide bonds. The van der Waals surface area contributed by atoms with Crippen LogP contribution in [-0.2, 0) is 34.0 Å². The standard InChI is InChI=1S/C24H42F3NO9S/c1-7-22(5,19(31)37-11-9-29)14-23(6,20(32)36-10-8-28-15-24(25,26)27)12-17(2)18(30)13-21(3,4)16-38(33,34)35/h17,28-29H,7-16H2,1-6H3,(H,33,34,35). The maximum absolute atomic E-state index is 13.2. The summed E-state index contributed by atoms with van der Waals surface area (Å²) < 4.78 is 79.1. The van der Waals surface area contributed by atoms with Gasteiger partial charge in [0.05, 0.1) is 29.7 Å². The lowest BCUT2D eigenvalue weighted by atomic mass is 9.67. The lowest BCUT2D eigenvalue weighted by Gasteiger charge is -2.37. The van der Waals surface area contributed by atoms with Gasteiger partial charge in [0.2, 0.25) is 0 Å². The molecule has 224 valence electrons. The number of carbonyl (C=O) groups excluding carboxylic acids is 3.